The number of nitrogens with zero attached hydrogens (tertiary/aromatic N) is 1. The molecule has 4 heteroatoms. The molecule has 0 aliphatic rings. The van der Waals surface area contributed by atoms with Gasteiger partial charge in [-0.25, -0.2) is 0 Å². The summed E-state index contributed by atoms with van der Waals surface area (Å²) < 4.78 is 0. The van der Waals surface area contributed by atoms with Crippen LogP contribution in [-0.4, -0.2) is 18.3 Å². The van der Waals surface area contributed by atoms with E-state index in [1.807, 2.05) is 19.9 Å². The van der Waals surface area contributed by atoms with Crippen LogP contribution >= 0.6 is 0 Å². The predicted molar refractivity (Wildman–Crippen MR) is 63.7 cm³/mol. The average Bonchev–Trinajstić information content (AvgIpc) is 2.27. The molecule has 16 heavy (non-hydrogen) atoms. The molecule has 0 bridgehead atoms. The summed E-state index contributed by atoms with van der Waals surface area (Å²) in [6.07, 6.45) is 0. The van der Waals surface area contributed by atoms with Crippen LogP contribution in [0.2, 0.25) is 0 Å². The molecule has 0 atom stereocenters. The molecule has 0 aromatic heterocycles. The van der Waals surface area contributed by atoms with Crippen LogP contribution in [0.25, 0.3) is 0 Å². The highest BCUT2D eigenvalue weighted by atomic mass is 16.3. The Morgan fingerprint density at radius 1 is 1.50 bits per heavy atom. The summed E-state index contributed by atoms with van der Waals surface area (Å²) in [5.41, 5.74) is 7.32. The van der Waals surface area contributed by atoms with Crippen LogP contribution in [0.3, 0.4) is 0 Å². The summed E-state index contributed by atoms with van der Waals surface area (Å²) in [6.45, 7) is 4.59. The summed E-state index contributed by atoms with van der Waals surface area (Å²) in [7, 11) is 0. The van der Waals surface area contributed by atoms with Gasteiger partial charge in [-0.05, 0) is 31.5 Å². The van der Waals surface area contributed by atoms with Crippen LogP contribution < -0.4 is 11.1 Å². The third-order valence-corrected chi connectivity index (χ3v) is 2.57. The monoisotopic (exact) mass is 219 g/mol. The molecule has 0 saturated carbocycles. The number of aliphatic hydroxyl groups excluding tert-OH is 1. The van der Waals surface area contributed by atoms with Crippen LogP contribution in [0.5, 0.6) is 0 Å². The molecule has 0 radical (unpaired) electrons. The first-order chi connectivity index (χ1) is 7.51. The van der Waals surface area contributed by atoms with E-state index in [1.165, 1.54) is 0 Å². The fraction of sp³-hybridized carbons (Fsp3) is 0.417. The van der Waals surface area contributed by atoms with Gasteiger partial charge in [0.15, 0.2) is 0 Å². The minimum Gasteiger partial charge on any atom is -0.398 e. The Morgan fingerprint density at radius 2 is 2.19 bits per heavy atom. The van der Waals surface area contributed by atoms with E-state index in [0.717, 1.165) is 5.56 Å². The van der Waals surface area contributed by atoms with E-state index in [9.17, 15) is 0 Å². The standard InChI is InChI=1S/C12H17N3O/c1-12(2,15-5-6-16)10-3-4-11(14)9(7-10)8-13/h3-4,7,15-16H,5-6,14H2,1-2H3. The molecule has 0 aliphatic heterocycles. The lowest BCUT2D eigenvalue weighted by Crippen LogP contribution is -2.38. The summed E-state index contributed by atoms with van der Waals surface area (Å²) in [6, 6.07) is 7.46. The van der Waals surface area contributed by atoms with E-state index in [0.29, 0.717) is 17.8 Å². The van der Waals surface area contributed by atoms with Crippen LogP contribution in [0, 0.1) is 11.3 Å². The van der Waals surface area contributed by atoms with E-state index >= 15 is 0 Å². The minimum absolute atomic E-state index is 0.0868. The zero-order valence-electron chi connectivity index (χ0n) is 9.62. The van der Waals surface area contributed by atoms with Crippen LogP contribution in [-0.2, 0) is 5.54 Å². The molecule has 1 rings (SSSR count). The van der Waals surface area contributed by atoms with Crippen molar-refractivity contribution in [3.63, 3.8) is 0 Å². The van der Waals surface area contributed by atoms with Gasteiger partial charge in [-0.2, -0.15) is 5.26 Å². The second-order valence-electron chi connectivity index (χ2n) is 4.19. The number of nitrogens with two attached hydrogens (primary N) is 1. The summed E-state index contributed by atoms with van der Waals surface area (Å²) in [5.74, 6) is 0. The van der Waals surface area contributed by atoms with Crippen LogP contribution in [0.1, 0.15) is 25.0 Å². The third-order valence-electron chi connectivity index (χ3n) is 2.57. The van der Waals surface area contributed by atoms with Crippen molar-refractivity contribution in [2.24, 2.45) is 0 Å². The summed E-state index contributed by atoms with van der Waals surface area (Å²) in [5, 5.41) is 20.9. The lowest BCUT2D eigenvalue weighted by molar-refractivity contribution is 0.267. The summed E-state index contributed by atoms with van der Waals surface area (Å²) in [4.78, 5) is 0. The van der Waals surface area contributed by atoms with Gasteiger partial charge in [-0.1, -0.05) is 6.07 Å². The van der Waals surface area contributed by atoms with Crippen molar-refractivity contribution < 1.29 is 5.11 Å². The minimum atomic E-state index is -0.290. The second kappa shape index (κ2) is 4.97. The van der Waals surface area contributed by atoms with Gasteiger partial charge in [0.05, 0.1) is 12.2 Å². The molecule has 0 saturated heterocycles. The first kappa shape index (κ1) is 12.5. The molecule has 86 valence electrons. The highest BCUT2D eigenvalue weighted by Crippen LogP contribution is 2.23. The van der Waals surface area contributed by atoms with Gasteiger partial charge >= 0.3 is 0 Å². The van der Waals surface area contributed by atoms with E-state index < -0.39 is 0 Å². The number of nitrogens with one attached hydrogen (secondary N) is 1. The predicted octanol–water partition coefficient (Wildman–Crippen LogP) is 0.957. The fourth-order valence-corrected chi connectivity index (χ4v) is 1.51. The van der Waals surface area contributed by atoms with Gasteiger partial charge in [0.2, 0.25) is 0 Å². The number of anilines is 1. The third kappa shape index (κ3) is 2.72. The Hall–Kier alpha value is -1.57. The van der Waals surface area contributed by atoms with Crippen LogP contribution in [0.15, 0.2) is 18.2 Å². The number of aliphatic hydroxyl groups is 1. The quantitative estimate of drug-likeness (QED) is 0.659. The van der Waals surface area contributed by atoms with Crippen molar-refractivity contribution in [3.8, 4) is 6.07 Å². The van der Waals surface area contributed by atoms with Crippen molar-refractivity contribution in [3.05, 3.63) is 29.3 Å². The van der Waals surface area contributed by atoms with E-state index in [4.69, 9.17) is 16.1 Å². The number of hydrogen-bond donors (Lipinski definition) is 3. The highest BCUT2D eigenvalue weighted by molar-refractivity contribution is 5.55. The van der Waals surface area contributed by atoms with Crippen LogP contribution in [0.4, 0.5) is 5.69 Å². The number of nitrogen functional groups attached to an aromatic ring is 1. The lowest BCUT2D eigenvalue weighted by Gasteiger charge is -2.27. The smallest absolute Gasteiger partial charge is 0.101 e. The SMILES string of the molecule is CC(C)(NCCO)c1ccc(N)c(C#N)c1. The molecular formula is C12H17N3O. The van der Waals surface area contributed by atoms with Gasteiger partial charge in [-0.15, -0.1) is 0 Å². The molecule has 1 aromatic rings. The molecule has 0 spiro atoms. The van der Waals surface area contributed by atoms with Gasteiger partial charge in [-0.3, -0.25) is 0 Å². The zero-order chi connectivity index (χ0) is 12.2. The van der Waals surface area contributed by atoms with Crippen molar-refractivity contribution >= 4 is 5.69 Å². The van der Waals surface area contributed by atoms with Gasteiger partial charge < -0.3 is 16.2 Å². The van der Waals surface area contributed by atoms with E-state index in [-0.39, 0.29) is 12.1 Å². The van der Waals surface area contributed by atoms with E-state index in [1.54, 1.807) is 12.1 Å². The van der Waals surface area contributed by atoms with Crippen molar-refractivity contribution in [1.82, 2.24) is 5.32 Å². The van der Waals surface area contributed by atoms with Crippen molar-refractivity contribution in [2.45, 2.75) is 19.4 Å². The normalized spacial score (nSPS) is 11.1. The maximum atomic E-state index is 8.89. The topological polar surface area (TPSA) is 82.1 Å². The zero-order valence-corrected chi connectivity index (χ0v) is 9.62. The number of hydrogen-bond acceptors (Lipinski definition) is 4. The number of rotatable bonds is 4. The molecule has 0 heterocycles. The van der Waals surface area contributed by atoms with Crippen molar-refractivity contribution in [2.75, 3.05) is 18.9 Å². The van der Waals surface area contributed by atoms with Gasteiger partial charge in [0.1, 0.15) is 6.07 Å². The second-order valence-corrected chi connectivity index (χ2v) is 4.19. The Kier molecular flexibility index (Phi) is 3.88. The Labute approximate surface area is 95.7 Å². The Bertz CT molecular complexity index is 407. The molecule has 0 aliphatic carbocycles. The molecule has 0 amide bonds. The first-order valence-electron chi connectivity index (χ1n) is 5.17. The maximum absolute atomic E-state index is 8.89. The van der Waals surface area contributed by atoms with Gasteiger partial charge in [0, 0.05) is 17.8 Å². The molecule has 0 unspecified atom stereocenters. The Balaban J connectivity index is 3.00. The first-order valence-corrected chi connectivity index (χ1v) is 5.17. The maximum Gasteiger partial charge on any atom is 0.101 e. The van der Waals surface area contributed by atoms with Crippen molar-refractivity contribution in [1.29, 1.82) is 5.26 Å². The molecular weight excluding hydrogens is 202 g/mol. The van der Waals surface area contributed by atoms with E-state index in [2.05, 4.69) is 11.4 Å². The molecule has 1 aromatic carbocycles. The average molecular weight is 219 g/mol. The Morgan fingerprint density at radius 3 is 2.75 bits per heavy atom. The summed E-state index contributed by atoms with van der Waals surface area (Å²) >= 11 is 0. The molecule has 4 N–H and O–H groups in total. The number of benzene rings is 1. The lowest BCUT2D eigenvalue weighted by atomic mass is 9.92. The fourth-order valence-electron chi connectivity index (χ4n) is 1.51. The number of nitriles is 1. The molecule has 4 nitrogen and oxygen atoms in total. The largest absolute Gasteiger partial charge is 0.398 e. The molecule has 0 fully saturated rings. The highest BCUT2D eigenvalue weighted by Gasteiger charge is 2.20. The van der Waals surface area contributed by atoms with Gasteiger partial charge in [0.25, 0.3) is 0 Å².